The third kappa shape index (κ3) is 2.09. The number of fused-ring (bicyclic) bond motifs is 7. The molecule has 5 heteroatoms. The van der Waals surface area contributed by atoms with E-state index in [1.165, 1.54) is 6.07 Å². The van der Waals surface area contributed by atoms with Crippen LogP contribution in [0.15, 0.2) is 89.3 Å². The van der Waals surface area contributed by atoms with E-state index in [-0.39, 0.29) is 10.6 Å². The van der Waals surface area contributed by atoms with Crippen LogP contribution >= 0.6 is 0 Å². The number of nitro benzene ring substituents is 1. The van der Waals surface area contributed by atoms with Gasteiger partial charge in [-0.1, -0.05) is 54.6 Å². The monoisotopic (exact) mass is 378 g/mol. The van der Waals surface area contributed by atoms with Crippen LogP contribution in [0.1, 0.15) is 0 Å². The van der Waals surface area contributed by atoms with Crippen LogP contribution in [0.5, 0.6) is 0 Å². The second-order valence-electron chi connectivity index (χ2n) is 7.04. The van der Waals surface area contributed by atoms with Crippen molar-refractivity contribution >= 4 is 49.4 Å². The molecule has 0 aliphatic heterocycles. The van der Waals surface area contributed by atoms with E-state index in [0.29, 0.717) is 5.69 Å². The smallest absolute Gasteiger partial charge is 0.293 e. The number of rotatable bonds is 2. The molecular weight excluding hydrogens is 364 g/mol. The maximum absolute atomic E-state index is 11.8. The summed E-state index contributed by atoms with van der Waals surface area (Å²) in [5, 5.41) is 15.8. The first-order valence-electron chi connectivity index (χ1n) is 9.31. The summed E-state index contributed by atoms with van der Waals surface area (Å²) in [4.78, 5) is 11.4. The van der Waals surface area contributed by atoms with E-state index in [1.54, 1.807) is 12.1 Å². The molecule has 6 rings (SSSR count). The molecule has 2 heterocycles. The summed E-state index contributed by atoms with van der Waals surface area (Å²) in [6, 6.07) is 26.8. The van der Waals surface area contributed by atoms with Gasteiger partial charge in [0, 0.05) is 27.6 Å². The maximum Gasteiger partial charge on any atom is 0.293 e. The highest BCUT2D eigenvalue weighted by Gasteiger charge is 2.22. The lowest BCUT2D eigenvalue weighted by atomic mass is 10.1. The Balaban J connectivity index is 1.90. The van der Waals surface area contributed by atoms with E-state index in [2.05, 4.69) is 12.1 Å². The minimum absolute atomic E-state index is 0.0586. The predicted octanol–water partition coefficient (Wildman–Crippen LogP) is 6.59. The van der Waals surface area contributed by atoms with E-state index in [1.807, 2.05) is 59.2 Å². The first kappa shape index (κ1) is 15.9. The van der Waals surface area contributed by atoms with E-state index in [9.17, 15) is 10.1 Å². The van der Waals surface area contributed by atoms with Crippen LogP contribution in [0.2, 0.25) is 0 Å². The molecule has 0 atom stereocenters. The molecule has 138 valence electrons. The molecule has 0 unspecified atom stereocenters. The fraction of sp³-hybridized carbons (Fsp3) is 0. The van der Waals surface area contributed by atoms with Crippen LogP contribution in [0.4, 0.5) is 5.69 Å². The summed E-state index contributed by atoms with van der Waals surface area (Å²) in [5.74, 6) is 0. The Hall–Kier alpha value is -4.12. The standard InChI is InChI=1S/C24H14N2O3/c27-26(28)21-11-5-4-10-20(21)25-19-9-3-1-7-15(19)17-13-14-18-16-8-2-6-12-22(16)29-24(18)23(17)25/h1-14H. The number of benzene rings is 4. The first-order valence-corrected chi connectivity index (χ1v) is 9.31. The quantitative estimate of drug-likeness (QED) is 0.252. The molecular formula is C24H14N2O3. The number of aromatic nitrogens is 1. The average Bonchev–Trinajstić information content (AvgIpc) is 3.29. The number of para-hydroxylation sites is 4. The normalized spacial score (nSPS) is 11.7. The minimum Gasteiger partial charge on any atom is -0.454 e. The van der Waals surface area contributed by atoms with Crippen LogP contribution in [0.25, 0.3) is 49.4 Å². The molecule has 0 saturated carbocycles. The SMILES string of the molecule is O=[N+]([O-])c1ccccc1-n1c2ccccc2c2ccc3c4ccccc4oc3c21. The van der Waals surface area contributed by atoms with Crippen LogP contribution in [0.3, 0.4) is 0 Å². The summed E-state index contributed by atoms with van der Waals surface area (Å²) < 4.78 is 8.22. The Bertz CT molecular complexity index is 1590. The van der Waals surface area contributed by atoms with Gasteiger partial charge in [-0.25, -0.2) is 0 Å². The van der Waals surface area contributed by atoms with Gasteiger partial charge in [-0.15, -0.1) is 0 Å². The van der Waals surface area contributed by atoms with Gasteiger partial charge in [0.25, 0.3) is 5.69 Å². The van der Waals surface area contributed by atoms with Crippen molar-refractivity contribution in [1.29, 1.82) is 0 Å². The largest absolute Gasteiger partial charge is 0.454 e. The summed E-state index contributed by atoms with van der Waals surface area (Å²) in [5.41, 5.74) is 3.87. The Morgan fingerprint density at radius 3 is 2.28 bits per heavy atom. The Morgan fingerprint density at radius 2 is 1.41 bits per heavy atom. The summed E-state index contributed by atoms with van der Waals surface area (Å²) >= 11 is 0. The van der Waals surface area contributed by atoms with Crippen molar-refractivity contribution in [2.75, 3.05) is 0 Å². The van der Waals surface area contributed by atoms with Gasteiger partial charge in [0.1, 0.15) is 11.3 Å². The van der Waals surface area contributed by atoms with Crippen molar-refractivity contribution in [3.8, 4) is 5.69 Å². The van der Waals surface area contributed by atoms with E-state index >= 15 is 0 Å². The molecule has 2 aromatic heterocycles. The zero-order valence-corrected chi connectivity index (χ0v) is 15.2. The number of hydrogen-bond donors (Lipinski definition) is 0. The Morgan fingerprint density at radius 1 is 0.724 bits per heavy atom. The van der Waals surface area contributed by atoms with E-state index in [0.717, 1.165) is 43.7 Å². The fourth-order valence-corrected chi connectivity index (χ4v) is 4.29. The molecule has 0 N–H and O–H groups in total. The molecule has 0 aliphatic rings. The molecule has 0 aliphatic carbocycles. The number of nitro groups is 1. The molecule has 0 spiro atoms. The first-order chi connectivity index (χ1) is 14.2. The van der Waals surface area contributed by atoms with Crippen molar-refractivity contribution in [2.45, 2.75) is 0 Å². The Kier molecular flexibility index (Phi) is 3.12. The number of nitrogens with zero attached hydrogens (tertiary/aromatic N) is 2. The van der Waals surface area contributed by atoms with Crippen LogP contribution in [0, 0.1) is 10.1 Å². The lowest BCUT2D eigenvalue weighted by molar-refractivity contribution is -0.384. The molecule has 5 nitrogen and oxygen atoms in total. The molecule has 6 aromatic rings. The molecule has 0 saturated heterocycles. The second-order valence-corrected chi connectivity index (χ2v) is 7.04. The zero-order valence-electron chi connectivity index (χ0n) is 15.2. The summed E-state index contributed by atoms with van der Waals surface area (Å²) in [6.45, 7) is 0. The van der Waals surface area contributed by atoms with Gasteiger partial charge in [0.15, 0.2) is 5.58 Å². The van der Waals surface area contributed by atoms with Crippen LogP contribution in [-0.2, 0) is 0 Å². The van der Waals surface area contributed by atoms with E-state index in [4.69, 9.17) is 4.42 Å². The highest BCUT2D eigenvalue weighted by atomic mass is 16.6. The van der Waals surface area contributed by atoms with Crippen molar-refractivity contribution in [1.82, 2.24) is 4.57 Å². The summed E-state index contributed by atoms with van der Waals surface area (Å²) in [6.07, 6.45) is 0. The Labute approximate surface area is 164 Å². The van der Waals surface area contributed by atoms with Gasteiger partial charge in [-0.05, 0) is 24.3 Å². The lowest BCUT2D eigenvalue weighted by Crippen LogP contribution is -1.99. The van der Waals surface area contributed by atoms with Crippen molar-refractivity contribution < 1.29 is 9.34 Å². The highest BCUT2D eigenvalue weighted by Crippen LogP contribution is 2.41. The van der Waals surface area contributed by atoms with Gasteiger partial charge in [0.2, 0.25) is 0 Å². The van der Waals surface area contributed by atoms with Gasteiger partial charge >= 0.3 is 0 Å². The van der Waals surface area contributed by atoms with Gasteiger partial charge in [-0.2, -0.15) is 0 Å². The van der Waals surface area contributed by atoms with Crippen LogP contribution in [-0.4, -0.2) is 9.49 Å². The molecule has 4 aromatic carbocycles. The van der Waals surface area contributed by atoms with Gasteiger partial charge in [0.05, 0.1) is 16.0 Å². The van der Waals surface area contributed by atoms with Gasteiger partial charge in [-0.3, -0.25) is 14.7 Å². The highest BCUT2D eigenvalue weighted by molar-refractivity contribution is 6.21. The molecule has 0 bridgehead atoms. The molecule has 0 fully saturated rings. The van der Waals surface area contributed by atoms with Gasteiger partial charge < -0.3 is 4.42 Å². The third-order valence-electron chi connectivity index (χ3n) is 5.50. The van der Waals surface area contributed by atoms with E-state index < -0.39 is 0 Å². The summed E-state index contributed by atoms with van der Waals surface area (Å²) in [7, 11) is 0. The topological polar surface area (TPSA) is 61.2 Å². The third-order valence-corrected chi connectivity index (χ3v) is 5.50. The number of hydrogen-bond acceptors (Lipinski definition) is 3. The number of furan rings is 1. The van der Waals surface area contributed by atoms with Crippen molar-refractivity contribution in [2.24, 2.45) is 0 Å². The fourth-order valence-electron chi connectivity index (χ4n) is 4.29. The molecule has 0 amide bonds. The maximum atomic E-state index is 11.8. The lowest BCUT2D eigenvalue weighted by Gasteiger charge is -2.08. The molecule has 29 heavy (non-hydrogen) atoms. The second kappa shape index (κ2) is 5.69. The average molecular weight is 378 g/mol. The van der Waals surface area contributed by atoms with Crippen LogP contribution < -0.4 is 0 Å². The minimum atomic E-state index is -0.339. The van der Waals surface area contributed by atoms with Crippen molar-refractivity contribution in [3.63, 3.8) is 0 Å². The molecule has 0 radical (unpaired) electrons. The predicted molar refractivity (Wildman–Crippen MR) is 115 cm³/mol. The van der Waals surface area contributed by atoms with Crippen molar-refractivity contribution in [3.05, 3.63) is 95.0 Å². The zero-order chi connectivity index (χ0) is 19.5.